The zero-order chi connectivity index (χ0) is 30.3. The Morgan fingerprint density at radius 3 is 1.88 bits per heavy atom. The van der Waals surface area contributed by atoms with Crippen molar-refractivity contribution in [1.82, 2.24) is 9.88 Å². The molecule has 2 heterocycles. The average Bonchev–Trinajstić information content (AvgIpc) is 3.33. The summed E-state index contributed by atoms with van der Waals surface area (Å²) in [6.45, 7) is 23.9. The number of pyridine rings is 1. The topological polar surface area (TPSA) is 44.3 Å². The summed E-state index contributed by atoms with van der Waals surface area (Å²) in [4.78, 5) is 8.29. The van der Waals surface area contributed by atoms with E-state index >= 15 is 0 Å². The van der Waals surface area contributed by atoms with Crippen molar-refractivity contribution in [2.45, 2.75) is 112 Å². The van der Waals surface area contributed by atoms with Crippen LogP contribution < -0.4 is 0 Å². The molecule has 0 bridgehead atoms. The number of thiophene rings is 1. The first-order valence-corrected chi connectivity index (χ1v) is 15.7. The van der Waals surface area contributed by atoms with Crippen molar-refractivity contribution in [2.75, 3.05) is 0 Å². The first-order valence-electron chi connectivity index (χ1n) is 14.9. The number of nitrogens with zero attached hydrogens (tertiary/aromatic N) is 4. The van der Waals surface area contributed by atoms with Crippen LogP contribution in [0.3, 0.4) is 0 Å². The minimum Gasteiger partial charge on any atom is -0.663 e. The first-order chi connectivity index (χ1) is 19.3. The van der Waals surface area contributed by atoms with Crippen molar-refractivity contribution in [3.05, 3.63) is 89.1 Å². The summed E-state index contributed by atoms with van der Waals surface area (Å²) >= 11 is 1.81. The molecule has 0 atom stereocenters. The Morgan fingerprint density at radius 2 is 1.40 bits per heavy atom. The summed E-state index contributed by atoms with van der Waals surface area (Å²) in [5, 5.41) is 10.6. The van der Waals surface area contributed by atoms with Crippen LogP contribution in [0, 0.1) is 6.07 Å². The van der Waals surface area contributed by atoms with Gasteiger partial charge in [0.25, 0.3) is 0 Å². The van der Waals surface area contributed by atoms with Crippen molar-refractivity contribution < 1.29 is 20.1 Å². The van der Waals surface area contributed by atoms with Crippen LogP contribution in [0.1, 0.15) is 81.7 Å². The summed E-state index contributed by atoms with van der Waals surface area (Å²) in [5.74, 6) is 0. The van der Waals surface area contributed by atoms with Gasteiger partial charge in [0.2, 0.25) is 0 Å². The number of hydrogen-bond acceptors (Lipinski definition) is 3. The fraction of sp³-hybridized carbons (Fsp3) is 0.472. The molecule has 0 aliphatic rings. The van der Waals surface area contributed by atoms with Crippen LogP contribution in [0.2, 0.25) is 0 Å². The van der Waals surface area contributed by atoms with Gasteiger partial charge in [0.15, 0.2) is 0 Å². The quantitative estimate of drug-likeness (QED) is 0.159. The minimum atomic E-state index is -0.000000000000000444. The van der Waals surface area contributed by atoms with Gasteiger partial charge in [-0.05, 0) is 61.9 Å². The van der Waals surface area contributed by atoms with E-state index in [0.29, 0.717) is 24.2 Å². The molecule has 0 aliphatic heterocycles. The Bertz CT molecular complexity index is 1320. The van der Waals surface area contributed by atoms with Gasteiger partial charge in [0, 0.05) is 27.9 Å². The van der Waals surface area contributed by atoms with Gasteiger partial charge in [-0.15, -0.1) is 58.8 Å². The second-order valence-corrected chi connectivity index (χ2v) is 13.8. The summed E-state index contributed by atoms with van der Waals surface area (Å²) in [7, 11) is 0. The number of fused-ring (bicyclic) bond motifs is 1. The third-order valence-corrected chi connectivity index (χ3v) is 7.91. The van der Waals surface area contributed by atoms with E-state index in [4.69, 9.17) is 10.6 Å². The molecule has 0 spiro atoms. The zero-order valence-corrected chi connectivity index (χ0v) is 30.5. The van der Waals surface area contributed by atoms with Gasteiger partial charge in [-0.1, -0.05) is 78.8 Å². The average molecular weight is 762 g/mol. The van der Waals surface area contributed by atoms with Crippen molar-refractivity contribution in [2.24, 2.45) is 0 Å². The minimum absolute atomic E-state index is 0. The number of aromatic nitrogens is 1. The van der Waals surface area contributed by atoms with Crippen molar-refractivity contribution >= 4 is 21.4 Å². The molecule has 4 aromatic rings. The van der Waals surface area contributed by atoms with E-state index in [1.807, 2.05) is 17.5 Å². The molecule has 0 radical (unpaired) electrons. The predicted molar refractivity (Wildman–Crippen MR) is 181 cm³/mol. The van der Waals surface area contributed by atoms with Gasteiger partial charge in [-0.2, -0.15) is 6.29 Å². The summed E-state index contributed by atoms with van der Waals surface area (Å²) in [5.41, 5.74) is 4.74. The Balaban J connectivity index is 0.000000319. The third kappa shape index (κ3) is 10.1. The van der Waals surface area contributed by atoms with Crippen molar-refractivity contribution in [3.63, 3.8) is 0 Å². The molecule has 42 heavy (non-hydrogen) atoms. The van der Waals surface area contributed by atoms with Crippen LogP contribution in [0.4, 0.5) is 0 Å². The standard InChI is InChI=1S/C23H20NS.C13H29N3.Ir/c1-23(2,3)18-11-9-17(10-12-18)22-19-15-21(16-7-5-4-6-8-16)25-20(19)13-14-24-22;1-9(2)14-13(15-10(3)4)16(11(5)6)12(7)8;/h4-9,11-15H,1-3H3;9-13H,1-8H3;/q-1;-2;+3. The molecule has 0 saturated heterocycles. The molecule has 4 nitrogen and oxygen atoms in total. The molecule has 0 saturated carbocycles. The van der Waals surface area contributed by atoms with Crippen LogP contribution in [0.25, 0.3) is 42.4 Å². The van der Waals surface area contributed by atoms with Gasteiger partial charge in [-0.3, -0.25) is 0 Å². The van der Waals surface area contributed by atoms with E-state index in [9.17, 15) is 0 Å². The number of rotatable bonds is 9. The van der Waals surface area contributed by atoms with E-state index < -0.39 is 0 Å². The summed E-state index contributed by atoms with van der Waals surface area (Å²) in [6, 6.07) is 26.3. The second-order valence-electron chi connectivity index (χ2n) is 12.8. The molecule has 4 rings (SSSR count). The van der Waals surface area contributed by atoms with E-state index in [1.54, 1.807) is 0 Å². The van der Waals surface area contributed by atoms with Crippen LogP contribution >= 0.6 is 11.3 Å². The largest absolute Gasteiger partial charge is 3.00 e. The second kappa shape index (κ2) is 16.2. The van der Waals surface area contributed by atoms with E-state index in [0.717, 1.165) is 11.3 Å². The maximum absolute atomic E-state index is 4.72. The zero-order valence-electron chi connectivity index (χ0n) is 27.3. The fourth-order valence-electron chi connectivity index (χ4n) is 4.82. The van der Waals surface area contributed by atoms with Crippen molar-refractivity contribution in [1.29, 1.82) is 0 Å². The number of hydrogen-bond donors (Lipinski definition) is 0. The molecule has 0 amide bonds. The normalized spacial score (nSPS) is 12.0. The molecule has 0 N–H and O–H groups in total. The number of benzene rings is 2. The van der Waals surface area contributed by atoms with Gasteiger partial charge in [0.05, 0.1) is 0 Å². The first kappa shape index (κ1) is 36.3. The van der Waals surface area contributed by atoms with E-state index in [1.165, 1.54) is 26.1 Å². The fourth-order valence-corrected chi connectivity index (χ4v) is 5.88. The van der Waals surface area contributed by atoms with Crippen LogP contribution in [-0.2, 0) is 25.5 Å². The Labute approximate surface area is 273 Å². The van der Waals surface area contributed by atoms with Crippen molar-refractivity contribution in [3.8, 4) is 21.7 Å². The molecular formula is C36H49IrN4S. The maximum Gasteiger partial charge on any atom is 3.00 e. The SMILES string of the molecule is CC(C)(C)c1c[c-]c(-c2nccc3sc(-c4ccccc4)cc23)cc1.CC(C)[N-]C([N-]C(C)C)N(C(C)C)C(C)C.[Ir+3]. The van der Waals surface area contributed by atoms with Gasteiger partial charge < -0.3 is 20.5 Å². The Morgan fingerprint density at radius 1 is 0.810 bits per heavy atom. The monoisotopic (exact) mass is 762 g/mol. The molecule has 228 valence electrons. The summed E-state index contributed by atoms with van der Waals surface area (Å²) < 4.78 is 1.26. The summed E-state index contributed by atoms with van der Waals surface area (Å²) in [6.07, 6.45) is 1.90. The smallest absolute Gasteiger partial charge is 0.663 e. The van der Waals surface area contributed by atoms with E-state index in [-0.39, 0.29) is 31.8 Å². The van der Waals surface area contributed by atoms with Gasteiger partial charge in [0.1, 0.15) is 0 Å². The van der Waals surface area contributed by atoms with Gasteiger partial charge >= 0.3 is 20.1 Å². The predicted octanol–water partition coefficient (Wildman–Crippen LogP) is 10.7. The van der Waals surface area contributed by atoms with Crippen LogP contribution in [-0.4, -0.2) is 40.3 Å². The van der Waals surface area contributed by atoms with Gasteiger partial charge in [-0.25, -0.2) is 0 Å². The molecule has 2 aromatic heterocycles. The molecule has 2 aromatic carbocycles. The Kier molecular flexibility index (Phi) is 14.0. The van der Waals surface area contributed by atoms with E-state index in [2.05, 4.69) is 153 Å². The molecule has 0 unspecified atom stereocenters. The van der Waals surface area contributed by atoms with Crippen LogP contribution in [0.15, 0.2) is 66.9 Å². The molecule has 0 aliphatic carbocycles. The maximum atomic E-state index is 4.72. The third-order valence-electron chi connectivity index (χ3n) is 6.76. The molecular weight excluding hydrogens is 713 g/mol. The molecule has 0 fully saturated rings. The van der Waals surface area contributed by atoms with Crippen LogP contribution in [0.5, 0.6) is 0 Å². The molecule has 6 heteroatoms. The Hall–Kier alpha value is -1.92.